The van der Waals surface area contributed by atoms with Gasteiger partial charge >= 0.3 is 0 Å². The molecule has 1 aliphatic heterocycles. The molecule has 2 nitrogen and oxygen atoms in total. The van der Waals surface area contributed by atoms with Gasteiger partial charge in [0.2, 0.25) is 0 Å². The Morgan fingerprint density at radius 1 is 1.33 bits per heavy atom. The molecule has 0 bridgehead atoms. The van der Waals surface area contributed by atoms with Crippen LogP contribution < -0.4 is 5.32 Å². The molecular weight excluding hydrogens is 254 g/mol. The number of rotatable bonds is 2. The van der Waals surface area contributed by atoms with E-state index >= 15 is 0 Å². The minimum absolute atomic E-state index is 0.343. The first-order chi connectivity index (χ1) is 7.24. The molecule has 1 aromatic rings. The standard InChI is InChI=1S/C12H16BrNO/c13-10-5-9(7-12(15)8-10)6-11-3-1-2-4-14-11/h5,7-8,11,14-15H,1-4,6H2. The summed E-state index contributed by atoms with van der Waals surface area (Å²) in [4.78, 5) is 0. The average molecular weight is 270 g/mol. The van der Waals surface area contributed by atoms with E-state index in [0.29, 0.717) is 11.8 Å². The Morgan fingerprint density at radius 3 is 2.87 bits per heavy atom. The maximum atomic E-state index is 9.47. The van der Waals surface area contributed by atoms with E-state index in [1.165, 1.54) is 24.8 Å². The van der Waals surface area contributed by atoms with Crippen molar-refractivity contribution in [3.8, 4) is 5.75 Å². The SMILES string of the molecule is Oc1cc(Br)cc(CC2CCCCN2)c1. The van der Waals surface area contributed by atoms with Crippen LogP contribution >= 0.6 is 15.9 Å². The summed E-state index contributed by atoms with van der Waals surface area (Å²) >= 11 is 3.40. The van der Waals surface area contributed by atoms with Crippen molar-refractivity contribution in [1.82, 2.24) is 5.32 Å². The van der Waals surface area contributed by atoms with Gasteiger partial charge in [0.25, 0.3) is 0 Å². The minimum Gasteiger partial charge on any atom is -0.508 e. The number of phenols is 1. The lowest BCUT2D eigenvalue weighted by molar-refractivity contribution is 0.398. The summed E-state index contributed by atoms with van der Waals surface area (Å²) < 4.78 is 0.952. The highest BCUT2D eigenvalue weighted by molar-refractivity contribution is 9.10. The van der Waals surface area contributed by atoms with Gasteiger partial charge in [-0.2, -0.15) is 0 Å². The van der Waals surface area contributed by atoms with Crippen LogP contribution in [0.5, 0.6) is 5.75 Å². The largest absolute Gasteiger partial charge is 0.508 e. The number of phenolic OH excluding ortho intramolecular Hbond substituents is 1. The van der Waals surface area contributed by atoms with Crippen LogP contribution in [-0.4, -0.2) is 17.7 Å². The molecule has 1 unspecified atom stereocenters. The zero-order valence-electron chi connectivity index (χ0n) is 8.67. The zero-order valence-corrected chi connectivity index (χ0v) is 10.3. The second-order valence-electron chi connectivity index (χ2n) is 4.17. The maximum absolute atomic E-state index is 9.47. The first-order valence-electron chi connectivity index (χ1n) is 5.46. The molecule has 0 aliphatic carbocycles. The van der Waals surface area contributed by atoms with Gasteiger partial charge in [-0.1, -0.05) is 22.4 Å². The summed E-state index contributed by atoms with van der Waals surface area (Å²) in [6.45, 7) is 1.13. The normalized spacial score (nSPS) is 21.5. The molecule has 0 spiro atoms. The number of hydrogen-bond acceptors (Lipinski definition) is 2. The summed E-state index contributed by atoms with van der Waals surface area (Å²) in [5.74, 6) is 0.343. The number of benzene rings is 1. The molecule has 3 heteroatoms. The van der Waals surface area contributed by atoms with Crippen LogP contribution in [0.4, 0.5) is 0 Å². The Kier molecular flexibility index (Phi) is 3.65. The Morgan fingerprint density at radius 2 is 2.20 bits per heavy atom. The van der Waals surface area contributed by atoms with Gasteiger partial charge in [0.15, 0.2) is 0 Å². The third-order valence-electron chi connectivity index (χ3n) is 2.84. The van der Waals surface area contributed by atoms with Crippen molar-refractivity contribution < 1.29 is 5.11 Å². The van der Waals surface area contributed by atoms with Gasteiger partial charge in [-0.15, -0.1) is 0 Å². The molecule has 1 fully saturated rings. The molecule has 0 amide bonds. The molecular formula is C12H16BrNO. The quantitative estimate of drug-likeness (QED) is 0.866. The lowest BCUT2D eigenvalue weighted by atomic mass is 9.98. The van der Waals surface area contributed by atoms with Crippen LogP contribution in [0.2, 0.25) is 0 Å². The van der Waals surface area contributed by atoms with Crippen molar-refractivity contribution in [3.05, 3.63) is 28.2 Å². The molecule has 1 aliphatic rings. The predicted octanol–water partition coefficient (Wildman–Crippen LogP) is 2.84. The van der Waals surface area contributed by atoms with Gasteiger partial charge in [-0.3, -0.25) is 0 Å². The Bertz CT molecular complexity index is 314. The third kappa shape index (κ3) is 3.21. The summed E-state index contributed by atoms with van der Waals surface area (Å²) in [6, 6.07) is 6.22. The molecule has 2 N–H and O–H groups in total. The fourth-order valence-corrected chi connectivity index (χ4v) is 2.66. The Hall–Kier alpha value is -0.540. The summed E-state index contributed by atoms with van der Waals surface area (Å²) in [5, 5.41) is 13.0. The first kappa shape index (κ1) is 11.0. The van der Waals surface area contributed by atoms with Crippen LogP contribution in [-0.2, 0) is 6.42 Å². The smallest absolute Gasteiger partial charge is 0.116 e. The molecule has 1 aromatic carbocycles. The van der Waals surface area contributed by atoms with Crippen LogP contribution in [0, 0.1) is 0 Å². The predicted molar refractivity (Wildman–Crippen MR) is 65.2 cm³/mol. The molecule has 0 radical (unpaired) electrons. The lowest BCUT2D eigenvalue weighted by Crippen LogP contribution is -2.35. The van der Waals surface area contributed by atoms with Crippen molar-refractivity contribution in [2.45, 2.75) is 31.7 Å². The van der Waals surface area contributed by atoms with Crippen molar-refractivity contribution in [3.63, 3.8) is 0 Å². The summed E-state index contributed by atoms with van der Waals surface area (Å²) in [5.41, 5.74) is 1.20. The molecule has 1 atom stereocenters. The van der Waals surface area contributed by atoms with E-state index in [-0.39, 0.29) is 0 Å². The summed E-state index contributed by atoms with van der Waals surface area (Å²) in [7, 11) is 0. The lowest BCUT2D eigenvalue weighted by Gasteiger charge is -2.23. The highest BCUT2D eigenvalue weighted by Crippen LogP contribution is 2.22. The van der Waals surface area contributed by atoms with Crippen LogP contribution in [0.1, 0.15) is 24.8 Å². The van der Waals surface area contributed by atoms with Crippen LogP contribution in [0.15, 0.2) is 22.7 Å². The zero-order chi connectivity index (χ0) is 10.7. The Labute approximate surface area is 98.8 Å². The molecule has 15 heavy (non-hydrogen) atoms. The molecule has 82 valence electrons. The van der Waals surface area contributed by atoms with Crippen molar-refractivity contribution >= 4 is 15.9 Å². The fourth-order valence-electron chi connectivity index (χ4n) is 2.13. The van der Waals surface area contributed by atoms with E-state index in [1.54, 1.807) is 6.07 Å². The van der Waals surface area contributed by atoms with E-state index in [2.05, 4.69) is 27.3 Å². The molecule has 1 saturated heterocycles. The Balaban J connectivity index is 2.02. The second-order valence-corrected chi connectivity index (χ2v) is 5.08. The monoisotopic (exact) mass is 269 g/mol. The van der Waals surface area contributed by atoms with Gasteiger partial charge in [0.05, 0.1) is 0 Å². The van der Waals surface area contributed by atoms with Crippen molar-refractivity contribution in [2.75, 3.05) is 6.54 Å². The van der Waals surface area contributed by atoms with E-state index in [0.717, 1.165) is 17.4 Å². The van der Waals surface area contributed by atoms with E-state index < -0.39 is 0 Å². The second kappa shape index (κ2) is 4.99. The van der Waals surface area contributed by atoms with Gasteiger partial charge in [0.1, 0.15) is 5.75 Å². The number of hydrogen-bond donors (Lipinski definition) is 2. The van der Waals surface area contributed by atoms with Gasteiger partial charge in [-0.25, -0.2) is 0 Å². The number of aromatic hydroxyl groups is 1. The van der Waals surface area contributed by atoms with Gasteiger partial charge in [0, 0.05) is 10.5 Å². The molecule has 0 aromatic heterocycles. The topological polar surface area (TPSA) is 32.3 Å². The van der Waals surface area contributed by atoms with Gasteiger partial charge < -0.3 is 10.4 Å². The van der Waals surface area contributed by atoms with E-state index in [4.69, 9.17) is 0 Å². The third-order valence-corrected chi connectivity index (χ3v) is 3.29. The number of halogens is 1. The highest BCUT2D eigenvalue weighted by Gasteiger charge is 2.13. The summed E-state index contributed by atoms with van der Waals surface area (Å²) in [6.07, 6.45) is 4.86. The molecule has 0 saturated carbocycles. The van der Waals surface area contributed by atoms with E-state index in [9.17, 15) is 5.11 Å². The fraction of sp³-hybridized carbons (Fsp3) is 0.500. The first-order valence-corrected chi connectivity index (χ1v) is 6.25. The van der Waals surface area contributed by atoms with Gasteiger partial charge in [-0.05, 0) is 49.6 Å². The maximum Gasteiger partial charge on any atom is 0.116 e. The molecule has 1 heterocycles. The van der Waals surface area contributed by atoms with Crippen molar-refractivity contribution in [1.29, 1.82) is 0 Å². The highest BCUT2D eigenvalue weighted by atomic mass is 79.9. The average Bonchev–Trinajstić information content (AvgIpc) is 2.17. The van der Waals surface area contributed by atoms with Crippen molar-refractivity contribution in [2.24, 2.45) is 0 Å². The van der Waals surface area contributed by atoms with Crippen LogP contribution in [0.25, 0.3) is 0 Å². The number of nitrogens with one attached hydrogen (secondary N) is 1. The van der Waals surface area contributed by atoms with Crippen LogP contribution in [0.3, 0.4) is 0 Å². The van der Waals surface area contributed by atoms with E-state index in [1.807, 2.05) is 6.07 Å². The minimum atomic E-state index is 0.343. The number of piperidine rings is 1. The molecule has 2 rings (SSSR count).